The minimum absolute atomic E-state index is 0.100. The molecule has 0 atom stereocenters. The van der Waals surface area contributed by atoms with E-state index in [9.17, 15) is 13.2 Å². The molecule has 5 aromatic rings. The zero-order chi connectivity index (χ0) is 26.2. The van der Waals surface area contributed by atoms with Crippen LogP contribution in [-0.2, 0) is 6.18 Å². The van der Waals surface area contributed by atoms with Gasteiger partial charge in [-0.05, 0) is 60.7 Å². The van der Waals surface area contributed by atoms with E-state index in [2.05, 4.69) is 20.3 Å². The molecule has 5 rings (SSSR count). The normalized spacial score (nSPS) is 11.5. The van der Waals surface area contributed by atoms with Crippen molar-refractivity contribution in [2.45, 2.75) is 6.18 Å². The number of benzene rings is 3. The summed E-state index contributed by atoms with van der Waals surface area (Å²) in [7, 11) is 1.59. The number of ether oxygens (including phenoxy) is 1. The second-order valence-electron chi connectivity index (χ2n) is 8.26. The van der Waals surface area contributed by atoms with Crippen LogP contribution in [0.3, 0.4) is 0 Å². The Morgan fingerprint density at radius 2 is 1.54 bits per heavy atom. The molecule has 5 N–H and O–H groups in total. The topological polar surface area (TPSA) is 112 Å². The first-order chi connectivity index (χ1) is 17.7. The maximum Gasteiger partial charge on any atom is 0.416 e. The van der Waals surface area contributed by atoms with Crippen LogP contribution in [0.1, 0.15) is 5.56 Å². The van der Waals surface area contributed by atoms with Crippen LogP contribution in [0.25, 0.3) is 33.4 Å². The van der Waals surface area contributed by atoms with Crippen molar-refractivity contribution >= 4 is 34.0 Å². The van der Waals surface area contributed by atoms with Crippen LogP contribution in [0.5, 0.6) is 5.75 Å². The number of fused-ring (bicyclic) bond motifs is 1. The van der Waals surface area contributed by atoms with Crippen LogP contribution in [0.15, 0.2) is 78.9 Å². The Morgan fingerprint density at radius 1 is 0.784 bits per heavy atom. The molecule has 0 saturated heterocycles. The number of hydrogen-bond acceptors (Lipinski definition) is 7. The van der Waals surface area contributed by atoms with Crippen molar-refractivity contribution in [1.29, 1.82) is 0 Å². The van der Waals surface area contributed by atoms with Crippen molar-refractivity contribution in [3.63, 3.8) is 0 Å². The molecule has 0 aliphatic rings. The standard InChI is InChI=1S/C27H21F3N6O/c1-37-19-8-5-15(6-9-19)24-14-25(36-26(32)35-24)33-18-7-10-22-20(12-18)21(31)13-23(34-22)16-3-2-4-17(11-16)27(28,29)30/h2-14H,1H3,(H2,31,34)(H3,32,33,35,36). The van der Waals surface area contributed by atoms with Crippen molar-refractivity contribution in [1.82, 2.24) is 15.0 Å². The molecule has 0 radical (unpaired) electrons. The van der Waals surface area contributed by atoms with E-state index in [1.54, 1.807) is 43.5 Å². The van der Waals surface area contributed by atoms with E-state index in [4.69, 9.17) is 16.2 Å². The van der Waals surface area contributed by atoms with Crippen LogP contribution < -0.4 is 21.5 Å². The number of nitrogens with two attached hydrogens (primary N) is 2. The Morgan fingerprint density at radius 3 is 2.27 bits per heavy atom. The zero-order valence-electron chi connectivity index (χ0n) is 19.5. The molecule has 0 saturated carbocycles. The summed E-state index contributed by atoms with van der Waals surface area (Å²) in [5.74, 6) is 1.30. The van der Waals surface area contributed by atoms with Gasteiger partial charge in [0.1, 0.15) is 11.6 Å². The molecule has 0 unspecified atom stereocenters. The summed E-state index contributed by atoms with van der Waals surface area (Å²) < 4.78 is 44.6. The lowest BCUT2D eigenvalue weighted by Gasteiger charge is -2.12. The van der Waals surface area contributed by atoms with E-state index in [1.165, 1.54) is 6.07 Å². The molecule has 37 heavy (non-hydrogen) atoms. The first-order valence-electron chi connectivity index (χ1n) is 11.1. The second kappa shape index (κ2) is 9.30. The van der Waals surface area contributed by atoms with Crippen molar-refractivity contribution in [2.24, 2.45) is 0 Å². The number of nitrogen functional groups attached to an aromatic ring is 2. The van der Waals surface area contributed by atoms with Gasteiger partial charge in [-0.1, -0.05) is 12.1 Å². The number of alkyl halides is 3. The minimum atomic E-state index is -4.45. The third kappa shape index (κ3) is 5.08. The van der Waals surface area contributed by atoms with E-state index in [-0.39, 0.29) is 5.95 Å². The van der Waals surface area contributed by atoms with E-state index in [1.807, 2.05) is 24.3 Å². The largest absolute Gasteiger partial charge is 0.497 e. The lowest BCUT2D eigenvalue weighted by Crippen LogP contribution is -2.04. The Hall–Kier alpha value is -4.86. The van der Waals surface area contributed by atoms with Gasteiger partial charge in [-0.15, -0.1) is 0 Å². The van der Waals surface area contributed by atoms with Gasteiger partial charge in [-0.2, -0.15) is 18.2 Å². The van der Waals surface area contributed by atoms with Crippen molar-refractivity contribution in [2.75, 3.05) is 23.9 Å². The Bertz CT molecular complexity index is 1600. The number of aromatic nitrogens is 3. The Labute approximate surface area is 210 Å². The average Bonchev–Trinajstić information content (AvgIpc) is 2.88. The quantitative estimate of drug-likeness (QED) is 0.259. The second-order valence-corrected chi connectivity index (χ2v) is 8.26. The van der Waals surface area contributed by atoms with Crippen molar-refractivity contribution < 1.29 is 17.9 Å². The van der Waals surface area contributed by atoms with Crippen molar-refractivity contribution in [3.05, 3.63) is 84.4 Å². The summed E-state index contributed by atoms with van der Waals surface area (Å²) in [4.78, 5) is 13.1. The molecule has 2 aromatic heterocycles. The summed E-state index contributed by atoms with van der Waals surface area (Å²) in [5, 5.41) is 3.84. The average molecular weight is 503 g/mol. The summed E-state index contributed by atoms with van der Waals surface area (Å²) in [6, 6.07) is 21.0. The van der Waals surface area contributed by atoms with Gasteiger partial charge in [0.05, 0.1) is 29.6 Å². The molecule has 0 aliphatic heterocycles. The van der Waals surface area contributed by atoms with Gasteiger partial charge < -0.3 is 21.5 Å². The summed E-state index contributed by atoms with van der Waals surface area (Å²) in [6.45, 7) is 0. The third-order valence-corrected chi connectivity index (χ3v) is 5.73. The molecular formula is C27H21F3N6O. The number of rotatable bonds is 5. The number of hydrogen-bond donors (Lipinski definition) is 3. The van der Waals surface area contributed by atoms with Gasteiger partial charge in [0.25, 0.3) is 0 Å². The van der Waals surface area contributed by atoms with E-state index in [0.717, 1.165) is 23.4 Å². The van der Waals surface area contributed by atoms with Crippen molar-refractivity contribution in [3.8, 4) is 28.3 Å². The number of methoxy groups -OCH3 is 1. The van der Waals surface area contributed by atoms with Gasteiger partial charge in [-0.25, -0.2) is 9.97 Å². The molecule has 7 nitrogen and oxygen atoms in total. The van der Waals surface area contributed by atoms with Gasteiger partial charge in [0, 0.05) is 34.0 Å². The molecule has 0 fully saturated rings. The summed E-state index contributed by atoms with van der Waals surface area (Å²) in [6.07, 6.45) is -4.45. The highest BCUT2D eigenvalue weighted by Gasteiger charge is 2.30. The molecule has 3 aromatic carbocycles. The van der Waals surface area contributed by atoms with Crippen LogP contribution in [0.2, 0.25) is 0 Å². The predicted octanol–water partition coefficient (Wildman–Crippen LogP) is 6.29. The van der Waals surface area contributed by atoms with Gasteiger partial charge in [0.15, 0.2) is 0 Å². The van der Waals surface area contributed by atoms with E-state index in [0.29, 0.717) is 45.0 Å². The van der Waals surface area contributed by atoms with Crippen LogP contribution in [0, 0.1) is 0 Å². The van der Waals surface area contributed by atoms with Crippen LogP contribution >= 0.6 is 0 Å². The monoisotopic (exact) mass is 502 g/mol. The highest BCUT2D eigenvalue weighted by Crippen LogP contribution is 2.34. The fourth-order valence-corrected chi connectivity index (χ4v) is 3.92. The molecule has 0 spiro atoms. The van der Waals surface area contributed by atoms with E-state index < -0.39 is 11.7 Å². The summed E-state index contributed by atoms with van der Waals surface area (Å²) >= 11 is 0. The SMILES string of the molecule is COc1ccc(-c2cc(Nc3ccc4nc(-c5cccc(C(F)(F)F)c5)cc(N)c4c3)nc(N)n2)cc1. The molecule has 2 heterocycles. The number of anilines is 4. The third-order valence-electron chi connectivity index (χ3n) is 5.73. The molecule has 186 valence electrons. The number of pyridine rings is 1. The molecular weight excluding hydrogens is 481 g/mol. The highest BCUT2D eigenvalue weighted by molar-refractivity contribution is 5.95. The lowest BCUT2D eigenvalue weighted by molar-refractivity contribution is -0.137. The minimum Gasteiger partial charge on any atom is -0.497 e. The van der Waals surface area contributed by atoms with Gasteiger partial charge in [-0.3, -0.25) is 0 Å². The van der Waals surface area contributed by atoms with E-state index >= 15 is 0 Å². The molecule has 10 heteroatoms. The smallest absolute Gasteiger partial charge is 0.416 e. The summed E-state index contributed by atoms with van der Waals surface area (Å²) in [5.41, 5.74) is 15.2. The maximum atomic E-state index is 13.1. The molecule has 0 bridgehead atoms. The lowest BCUT2D eigenvalue weighted by atomic mass is 10.0. The fraction of sp³-hybridized carbons (Fsp3) is 0.0741. The first-order valence-corrected chi connectivity index (χ1v) is 11.1. The van der Waals surface area contributed by atoms with Crippen LogP contribution in [-0.4, -0.2) is 22.1 Å². The number of nitrogens with zero attached hydrogens (tertiary/aromatic N) is 3. The number of nitrogens with one attached hydrogen (secondary N) is 1. The predicted molar refractivity (Wildman–Crippen MR) is 138 cm³/mol. The Kier molecular flexibility index (Phi) is 6.00. The van der Waals surface area contributed by atoms with Crippen LogP contribution in [0.4, 0.5) is 36.3 Å². The number of halogens is 3. The van der Waals surface area contributed by atoms with Gasteiger partial charge in [0.2, 0.25) is 5.95 Å². The molecule has 0 aliphatic carbocycles. The first kappa shape index (κ1) is 23.9. The van der Waals surface area contributed by atoms with Gasteiger partial charge >= 0.3 is 6.18 Å². The zero-order valence-corrected chi connectivity index (χ0v) is 19.5. The molecule has 0 amide bonds. The fourth-order valence-electron chi connectivity index (χ4n) is 3.92. The Balaban J connectivity index is 1.45. The maximum absolute atomic E-state index is 13.1. The highest BCUT2D eigenvalue weighted by atomic mass is 19.4.